The zero-order chi connectivity index (χ0) is 22.5. The molecule has 8 nitrogen and oxygen atoms in total. The maximum absolute atomic E-state index is 13.8. The fourth-order valence-electron chi connectivity index (χ4n) is 5.04. The van der Waals surface area contributed by atoms with Gasteiger partial charge in [-0.2, -0.15) is 20.0 Å². The van der Waals surface area contributed by atoms with E-state index in [0.717, 1.165) is 42.5 Å². The fraction of sp³-hybridized carbons (Fsp3) is 0.333. The molecule has 0 unspecified atom stereocenters. The summed E-state index contributed by atoms with van der Waals surface area (Å²) in [6.07, 6.45) is 6.05. The van der Waals surface area contributed by atoms with Gasteiger partial charge < -0.3 is 14.2 Å². The van der Waals surface area contributed by atoms with Gasteiger partial charge in [0, 0.05) is 24.2 Å². The maximum Gasteiger partial charge on any atom is 0.298 e. The van der Waals surface area contributed by atoms with Gasteiger partial charge in [0.25, 0.3) is 11.9 Å². The molecule has 0 N–H and O–H groups in total. The molecule has 3 aliphatic heterocycles. The molecule has 0 spiro atoms. The molecule has 3 saturated heterocycles. The Hall–Kier alpha value is -3.39. The monoisotopic (exact) mass is 462 g/mol. The summed E-state index contributed by atoms with van der Waals surface area (Å²) in [6.45, 7) is 3.41. The van der Waals surface area contributed by atoms with Crippen molar-refractivity contribution in [3.8, 4) is 5.69 Å². The Morgan fingerprint density at radius 2 is 1.88 bits per heavy atom. The van der Waals surface area contributed by atoms with E-state index in [2.05, 4.69) is 15.1 Å². The highest BCUT2D eigenvalue weighted by Crippen LogP contribution is 2.34. The topological polar surface area (TPSA) is 80.3 Å². The Balaban J connectivity index is 1.32. The molecule has 168 valence electrons. The number of aromatic nitrogens is 4. The summed E-state index contributed by atoms with van der Waals surface area (Å²) in [5.74, 6) is 0.0203. The summed E-state index contributed by atoms with van der Waals surface area (Å²) in [5.41, 5.74) is 3.82. The van der Waals surface area contributed by atoms with Crippen LogP contribution in [0.4, 0.5) is 6.01 Å². The van der Waals surface area contributed by atoms with Crippen molar-refractivity contribution >= 4 is 34.6 Å². The van der Waals surface area contributed by atoms with Crippen molar-refractivity contribution in [2.24, 2.45) is 0 Å². The molecular weight excluding hydrogens is 440 g/mol. The summed E-state index contributed by atoms with van der Waals surface area (Å²) < 4.78 is 6.07. The normalized spacial score (nSPS) is 20.4. The minimum Gasteiger partial charge on any atom is -0.423 e. The van der Waals surface area contributed by atoms with Crippen LogP contribution in [0.2, 0.25) is 5.02 Å². The first kappa shape index (κ1) is 20.2. The lowest BCUT2D eigenvalue weighted by atomic mass is 9.97. The van der Waals surface area contributed by atoms with E-state index in [4.69, 9.17) is 21.0 Å². The maximum atomic E-state index is 13.8. The minimum absolute atomic E-state index is 0.0203. The van der Waals surface area contributed by atoms with E-state index in [1.54, 1.807) is 18.5 Å². The van der Waals surface area contributed by atoms with Crippen LogP contribution in [0.1, 0.15) is 35.2 Å². The first-order chi connectivity index (χ1) is 16.1. The number of halogens is 1. The third kappa shape index (κ3) is 3.54. The molecule has 2 aromatic heterocycles. The van der Waals surface area contributed by atoms with Gasteiger partial charge in [-0.05, 0) is 56.5 Å². The highest BCUT2D eigenvalue weighted by atomic mass is 35.5. The molecule has 33 heavy (non-hydrogen) atoms. The summed E-state index contributed by atoms with van der Waals surface area (Å²) in [4.78, 5) is 24.3. The van der Waals surface area contributed by atoms with E-state index in [0.29, 0.717) is 28.8 Å². The van der Waals surface area contributed by atoms with E-state index in [1.165, 1.54) is 4.80 Å². The first-order valence-corrected chi connectivity index (χ1v) is 11.6. The van der Waals surface area contributed by atoms with Crippen molar-refractivity contribution < 1.29 is 9.21 Å². The number of aryl methyl sites for hydroxylation is 1. The lowest BCUT2D eigenvalue weighted by molar-refractivity contribution is 0.0611. The van der Waals surface area contributed by atoms with E-state index in [1.807, 2.05) is 42.2 Å². The molecule has 3 fully saturated rings. The van der Waals surface area contributed by atoms with Crippen LogP contribution in [0.5, 0.6) is 0 Å². The molecule has 2 aromatic carbocycles. The molecule has 7 rings (SSSR count). The number of nitrogens with zero attached hydrogens (tertiary/aromatic N) is 6. The predicted molar refractivity (Wildman–Crippen MR) is 125 cm³/mol. The standard InChI is InChI=1S/C24H23ClN6O2/c1-15-2-6-21(31-26-9-10-27-31)19(12-15)23(32)30-14-18-5-4-17(30)8-11-29(18)24-28-20-13-16(25)3-7-22(20)33-24/h2-3,6-7,9-10,12-13,17-18H,4-5,8,11,14H2,1H3/t17-,18-/m1/s1. The molecular formula is C24H23ClN6O2. The van der Waals surface area contributed by atoms with Crippen LogP contribution < -0.4 is 4.90 Å². The average Bonchev–Trinajstić information content (AvgIpc) is 3.41. The number of rotatable bonds is 3. The van der Waals surface area contributed by atoms with Crippen LogP contribution >= 0.6 is 11.6 Å². The Labute approximate surface area is 195 Å². The van der Waals surface area contributed by atoms with Gasteiger partial charge in [-0.25, -0.2) is 0 Å². The lowest BCUT2D eigenvalue weighted by Crippen LogP contribution is -2.50. The van der Waals surface area contributed by atoms with Gasteiger partial charge in [-0.15, -0.1) is 0 Å². The molecule has 1 amide bonds. The number of amides is 1. The number of carbonyl (C=O) groups is 1. The molecule has 2 bridgehead atoms. The Bertz CT molecular complexity index is 1330. The summed E-state index contributed by atoms with van der Waals surface area (Å²) >= 11 is 6.13. The van der Waals surface area contributed by atoms with Gasteiger partial charge in [0.05, 0.1) is 29.7 Å². The molecule has 9 heteroatoms. The van der Waals surface area contributed by atoms with E-state index < -0.39 is 0 Å². The van der Waals surface area contributed by atoms with Crippen LogP contribution in [0.3, 0.4) is 0 Å². The molecule has 3 aliphatic rings. The quantitative estimate of drug-likeness (QED) is 0.452. The van der Waals surface area contributed by atoms with Crippen LogP contribution in [0.15, 0.2) is 53.2 Å². The largest absolute Gasteiger partial charge is 0.423 e. The smallest absolute Gasteiger partial charge is 0.298 e. The number of carbonyl (C=O) groups excluding carboxylic acids is 1. The second-order valence-corrected chi connectivity index (χ2v) is 9.21. The van der Waals surface area contributed by atoms with E-state index in [9.17, 15) is 4.79 Å². The molecule has 2 atom stereocenters. The van der Waals surface area contributed by atoms with Crippen LogP contribution in [-0.4, -0.2) is 56.0 Å². The molecule has 0 radical (unpaired) electrons. The molecule has 4 aromatic rings. The average molecular weight is 463 g/mol. The second-order valence-electron chi connectivity index (χ2n) is 8.77. The zero-order valence-electron chi connectivity index (χ0n) is 18.2. The van der Waals surface area contributed by atoms with Crippen molar-refractivity contribution in [1.82, 2.24) is 24.9 Å². The molecule has 5 heterocycles. The fourth-order valence-corrected chi connectivity index (χ4v) is 5.20. The number of hydrogen-bond acceptors (Lipinski definition) is 6. The van der Waals surface area contributed by atoms with Gasteiger partial charge in [-0.1, -0.05) is 23.2 Å². The van der Waals surface area contributed by atoms with Crippen molar-refractivity contribution in [2.75, 3.05) is 18.0 Å². The number of piperidine rings is 1. The van der Waals surface area contributed by atoms with Crippen molar-refractivity contribution in [1.29, 1.82) is 0 Å². The van der Waals surface area contributed by atoms with E-state index in [-0.39, 0.29) is 18.0 Å². The van der Waals surface area contributed by atoms with Crippen LogP contribution in [-0.2, 0) is 0 Å². The van der Waals surface area contributed by atoms with Gasteiger partial charge in [-0.3, -0.25) is 4.79 Å². The van der Waals surface area contributed by atoms with Crippen LogP contribution in [0, 0.1) is 6.92 Å². The van der Waals surface area contributed by atoms with E-state index >= 15 is 0 Å². The van der Waals surface area contributed by atoms with Crippen molar-refractivity contribution in [2.45, 2.75) is 38.3 Å². The number of benzene rings is 2. The third-order valence-corrected chi connectivity index (χ3v) is 6.92. The Morgan fingerprint density at radius 1 is 1.06 bits per heavy atom. The SMILES string of the molecule is Cc1ccc(-n2nccn2)c(C(=O)N2C[C@H]3CC[C@@H]2CCN3c2nc3cc(Cl)ccc3o2)c1. The summed E-state index contributed by atoms with van der Waals surface area (Å²) in [7, 11) is 0. The summed E-state index contributed by atoms with van der Waals surface area (Å²) in [5, 5.41) is 9.13. The van der Waals surface area contributed by atoms with Gasteiger partial charge in [0.1, 0.15) is 5.52 Å². The minimum atomic E-state index is 0.0203. The van der Waals surface area contributed by atoms with Gasteiger partial charge >= 0.3 is 0 Å². The predicted octanol–water partition coefficient (Wildman–Crippen LogP) is 4.25. The zero-order valence-corrected chi connectivity index (χ0v) is 18.9. The highest BCUT2D eigenvalue weighted by Gasteiger charge is 2.40. The Morgan fingerprint density at radius 3 is 2.73 bits per heavy atom. The van der Waals surface area contributed by atoms with Gasteiger partial charge in [0.2, 0.25) is 0 Å². The molecule has 0 aliphatic carbocycles. The molecule has 0 saturated carbocycles. The number of anilines is 1. The van der Waals surface area contributed by atoms with Crippen molar-refractivity contribution in [3.05, 3.63) is 64.9 Å². The second kappa shape index (κ2) is 7.88. The number of fused-ring (bicyclic) bond motifs is 5. The lowest BCUT2D eigenvalue weighted by Gasteiger charge is -2.38. The van der Waals surface area contributed by atoms with Crippen LogP contribution in [0.25, 0.3) is 16.8 Å². The third-order valence-electron chi connectivity index (χ3n) is 6.69. The van der Waals surface area contributed by atoms with Crippen molar-refractivity contribution in [3.63, 3.8) is 0 Å². The first-order valence-electron chi connectivity index (χ1n) is 11.2. The number of hydrogen-bond donors (Lipinski definition) is 0. The highest BCUT2D eigenvalue weighted by molar-refractivity contribution is 6.31. The number of oxazole rings is 1. The summed E-state index contributed by atoms with van der Waals surface area (Å²) in [6, 6.07) is 12.2. The van der Waals surface area contributed by atoms with Gasteiger partial charge in [0.15, 0.2) is 5.58 Å². The Kier molecular flexibility index (Phi) is 4.83.